The van der Waals surface area contributed by atoms with Gasteiger partial charge >= 0.3 is 0 Å². The first-order chi connectivity index (χ1) is 12.8. The van der Waals surface area contributed by atoms with E-state index in [1.807, 2.05) is 12.1 Å². The van der Waals surface area contributed by atoms with Crippen molar-refractivity contribution < 1.29 is 9.53 Å². The van der Waals surface area contributed by atoms with Gasteiger partial charge in [0.15, 0.2) is 0 Å². The molecule has 3 aliphatic rings. The van der Waals surface area contributed by atoms with Crippen LogP contribution in [0.3, 0.4) is 0 Å². The maximum absolute atomic E-state index is 12.6. The van der Waals surface area contributed by atoms with E-state index >= 15 is 0 Å². The summed E-state index contributed by atoms with van der Waals surface area (Å²) in [5.74, 6) is 0.938. The Morgan fingerprint density at radius 3 is 2.54 bits per heavy atom. The minimum Gasteiger partial charge on any atom is -0.378 e. The van der Waals surface area contributed by atoms with Gasteiger partial charge in [-0.05, 0) is 62.4 Å². The van der Waals surface area contributed by atoms with Crippen molar-refractivity contribution in [2.24, 2.45) is 5.92 Å². The van der Waals surface area contributed by atoms with E-state index in [0.29, 0.717) is 12.6 Å². The second kappa shape index (κ2) is 8.40. The Labute approximate surface area is 156 Å². The zero-order valence-corrected chi connectivity index (χ0v) is 15.7. The van der Waals surface area contributed by atoms with E-state index in [2.05, 4.69) is 27.2 Å². The number of carbonyl (C=O) groups is 1. The van der Waals surface area contributed by atoms with Gasteiger partial charge in [-0.1, -0.05) is 12.8 Å². The van der Waals surface area contributed by atoms with Gasteiger partial charge in [-0.3, -0.25) is 9.69 Å². The zero-order chi connectivity index (χ0) is 17.8. The number of carbonyl (C=O) groups excluding carboxylic acids is 1. The molecular weight excluding hydrogens is 326 g/mol. The summed E-state index contributed by atoms with van der Waals surface area (Å²) in [6.07, 6.45) is 7.91. The smallest absolute Gasteiger partial charge is 0.238 e. The van der Waals surface area contributed by atoms with Gasteiger partial charge in [0.05, 0.1) is 19.8 Å². The lowest BCUT2D eigenvalue weighted by atomic mass is 9.78. The van der Waals surface area contributed by atoms with Crippen LogP contribution in [0, 0.1) is 5.92 Å². The van der Waals surface area contributed by atoms with Crippen molar-refractivity contribution in [2.75, 3.05) is 49.6 Å². The van der Waals surface area contributed by atoms with Gasteiger partial charge in [0.1, 0.15) is 0 Å². The number of ether oxygens (including phenoxy) is 1. The molecule has 5 heteroatoms. The van der Waals surface area contributed by atoms with Crippen molar-refractivity contribution in [3.8, 4) is 0 Å². The molecule has 1 amide bonds. The fourth-order valence-electron chi connectivity index (χ4n) is 4.89. The molecule has 1 aromatic carbocycles. The molecule has 2 heterocycles. The lowest BCUT2D eigenvalue weighted by Crippen LogP contribution is -2.49. The van der Waals surface area contributed by atoms with Crippen LogP contribution < -0.4 is 10.2 Å². The summed E-state index contributed by atoms with van der Waals surface area (Å²) in [4.78, 5) is 17.3. The standard InChI is InChI=1S/C21H31N3O2/c25-21(16-24-11-3-5-17-4-1-2-6-20(17)24)22-18-7-9-19(10-8-18)23-12-14-26-15-13-23/h7-10,17,20H,1-6,11-16H2,(H,22,25)/t17-,20-/m0/s1. The molecule has 1 N–H and O–H groups in total. The summed E-state index contributed by atoms with van der Waals surface area (Å²) in [6, 6.07) is 8.86. The maximum atomic E-state index is 12.6. The molecule has 0 radical (unpaired) electrons. The molecule has 5 nitrogen and oxygen atoms in total. The van der Waals surface area contributed by atoms with Crippen LogP contribution in [-0.4, -0.2) is 56.2 Å². The molecule has 0 spiro atoms. The van der Waals surface area contributed by atoms with Crippen LogP contribution in [-0.2, 0) is 9.53 Å². The number of likely N-dealkylation sites (tertiary alicyclic amines) is 1. The molecule has 3 fully saturated rings. The van der Waals surface area contributed by atoms with Crippen molar-refractivity contribution >= 4 is 17.3 Å². The van der Waals surface area contributed by atoms with Gasteiger partial charge in [0.2, 0.25) is 5.91 Å². The predicted octanol–water partition coefficient (Wildman–Crippen LogP) is 3.12. The van der Waals surface area contributed by atoms with E-state index in [4.69, 9.17) is 4.74 Å². The van der Waals surface area contributed by atoms with E-state index in [-0.39, 0.29) is 5.91 Å². The number of benzene rings is 1. The van der Waals surface area contributed by atoms with Crippen LogP contribution in [0.15, 0.2) is 24.3 Å². The second-order valence-electron chi connectivity index (χ2n) is 7.92. The number of anilines is 2. The second-order valence-corrected chi connectivity index (χ2v) is 7.92. The van der Waals surface area contributed by atoms with Crippen molar-refractivity contribution in [3.05, 3.63) is 24.3 Å². The molecule has 0 unspecified atom stereocenters. The third-order valence-electron chi connectivity index (χ3n) is 6.23. The van der Waals surface area contributed by atoms with Crippen LogP contribution in [0.4, 0.5) is 11.4 Å². The Morgan fingerprint density at radius 2 is 1.73 bits per heavy atom. The molecule has 0 bridgehead atoms. The molecule has 1 aliphatic carbocycles. The van der Waals surface area contributed by atoms with Gasteiger partial charge in [-0.2, -0.15) is 0 Å². The van der Waals surface area contributed by atoms with E-state index < -0.39 is 0 Å². The topological polar surface area (TPSA) is 44.8 Å². The molecule has 142 valence electrons. The van der Waals surface area contributed by atoms with Gasteiger partial charge in [0.25, 0.3) is 0 Å². The van der Waals surface area contributed by atoms with Crippen LogP contribution in [0.1, 0.15) is 38.5 Å². The zero-order valence-electron chi connectivity index (χ0n) is 15.7. The molecule has 0 aromatic heterocycles. The Morgan fingerprint density at radius 1 is 1.00 bits per heavy atom. The first-order valence-corrected chi connectivity index (χ1v) is 10.3. The minimum absolute atomic E-state index is 0.121. The van der Waals surface area contributed by atoms with Gasteiger partial charge < -0.3 is 15.0 Å². The number of amides is 1. The lowest BCUT2D eigenvalue weighted by Gasteiger charge is -2.43. The number of fused-ring (bicyclic) bond motifs is 1. The summed E-state index contributed by atoms with van der Waals surface area (Å²) in [6.45, 7) is 5.05. The summed E-state index contributed by atoms with van der Waals surface area (Å²) < 4.78 is 5.40. The van der Waals surface area contributed by atoms with Crippen molar-refractivity contribution in [1.82, 2.24) is 4.90 Å². The highest BCUT2D eigenvalue weighted by Gasteiger charge is 2.33. The van der Waals surface area contributed by atoms with Crippen molar-refractivity contribution in [1.29, 1.82) is 0 Å². The largest absolute Gasteiger partial charge is 0.378 e. The monoisotopic (exact) mass is 357 g/mol. The third-order valence-corrected chi connectivity index (χ3v) is 6.23. The molecule has 1 saturated carbocycles. The van der Waals surface area contributed by atoms with Crippen LogP contribution in [0.5, 0.6) is 0 Å². The average molecular weight is 357 g/mol. The predicted molar refractivity (Wildman–Crippen MR) is 105 cm³/mol. The number of piperidine rings is 1. The molecule has 4 rings (SSSR count). The summed E-state index contributed by atoms with van der Waals surface area (Å²) in [5.41, 5.74) is 2.09. The van der Waals surface area contributed by atoms with E-state index in [1.165, 1.54) is 44.2 Å². The van der Waals surface area contributed by atoms with Crippen molar-refractivity contribution in [2.45, 2.75) is 44.6 Å². The molecule has 2 saturated heterocycles. The van der Waals surface area contributed by atoms with Crippen molar-refractivity contribution in [3.63, 3.8) is 0 Å². The van der Waals surface area contributed by atoms with Gasteiger partial charge in [0, 0.05) is 30.5 Å². The van der Waals surface area contributed by atoms with E-state index in [1.54, 1.807) is 0 Å². The Kier molecular flexibility index (Phi) is 5.75. The molecular formula is C21H31N3O2. The summed E-state index contributed by atoms with van der Waals surface area (Å²) in [5, 5.41) is 3.09. The summed E-state index contributed by atoms with van der Waals surface area (Å²) >= 11 is 0. The van der Waals surface area contributed by atoms with Crippen LogP contribution >= 0.6 is 0 Å². The molecule has 2 aliphatic heterocycles. The van der Waals surface area contributed by atoms with Gasteiger partial charge in [-0.25, -0.2) is 0 Å². The Balaban J connectivity index is 1.31. The SMILES string of the molecule is O=C(CN1CCC[C@@H]2CCCC[C@@H]21)Nc1ccc(N2CCOCC2)cc1. The van der Waals surface area contributed by atoms with Crippen LogP contribution in [0.25, 0.3) is 0 Å². The lowest BCUT2D eigenvalue weighted by molar-refractivity contribution is -0.118. The van der Waals surface area contributed by atoms with Gasteiger partial charge in [-0.15, -0.1) is 0 Å². The normalized spacial score (nSPS) is 27.0. The first kappa shape index (κ1) is 17.8. The Bertz CT molecular complexity index is 596. The number of rotatable bonds is 4. The highest BCUT2D eigenvalue weighted by molar-refractivity contribution is 5.92. The summed E-state index contributed by atoms with van der Waals surface area (Å²) in [7, 11) is 0. The number of nitrogens with zero attached hydrogens (tertiary/aromatic N) is 2. The average Bonchev–Trinajstić information content (AvgIpc) is 2.69. The van der Waals surface area contributed by atoms with Crippen LogP contribution in [0.2, 0.25) is 0 Å². The maximum Gasteiger partial charge on any atom is 0.238 e. The Hall–Kier alpha value is -1.59. The number of nitrogens with one attached hydrogen (secondary N) is 1. The highest BCUT2D eigenvalue weighted by atomic mass is 16.5. The van der Waals surface area contributed by atoms with E-state index in [9.17, 15) is 4.79 Å². The molecule has 1 aromatic rings. The number of hydrogen-bond donors (Lipinski definition) is 1. The first-order valence-electron chi connectivity index (χ1n) is 10.3. The quantitative estimate of drug-likeness (QED) is 0.899. The minimum atomic E-state index is 0.121. The number of morpholine rings is 1. The van der Waals surface area contributed by atoms with E-state index in [0.717, 1.165) is 44.5 Å². The fourth-order valence-corrected chi connectivity index (χ4v) is 4.89. The highest BCUT2D eigenvalue weighted by Crippen LogP contribution is 2.35. The third kappa shape index (κ3) is 4.21. The molecule has 2 atom stereocenters. The fraction of sp³-hybridized carbons (Fsp3) is 0.667. The molecule has 26 heavy (non-hydrogen) atoms. The number of hydrogen-bond acceptors (Lipinski definition) is 4.